The molecule has 0 aromatic rings. The number of amides is 1. The van der Waals surface area contributed by atoms with Crippen LogP contribution in [0.2, 0.25) is 0 Å². The Kier molecular flexibility index (Phi) is 3.56. The van der Waals surface area contributed by atoms with E-state index in [4.69, 9.17) is 5.73 Å². The first kappa shape index (κ1) is 10.5. The van der Waals surface area contributed by atoms with E-state index in [-0.39, 0.29) is 5.91 Å². The zero-order valence-corrected chi connectivity index (χ0v) is 7.98. The zero-order valence-electron chi connectivity index (χ0n) is 7.98. The molecule has 2 heteroatoms. The van der Waals surface area contributed by atoms with Crippen LogP contribution in [0.5, 0.6) is 0 Å². The van der Waals surface area contributed by atoms with Crippen molar-refractivity contribution in [3.63, 3.8) is 0 Å². The minimum Gasteiger partial charge on any atom is -0.370 e. The molecule has 0 aromatic carbocycles. The fraction of sp³-hybridized carbons (Fsp3) is 0.889. The van der Waals surface area contributed by atoms with Crippen molar-refractivity contribution >= 4 is 5.91 Å². The molecule has 0 fully saturated rings. The van der Waals surface area contributed by atoms with Crippen molar-refractivity contribution in [2.45, 2.75) is 40.5 Å². The smallest absolute Gasteiger partial charge is 0.217 e. The fourth-order valence-corrected chi connectivity index (χ4v) is 1.46. The first-order valence-electron chi connectivity index (χ1n) is 4.09. The third kappa shape index (κ3) is 7.37. The Balaban J connectivity index is 3.69. The highest BCUT2D eigenvalue weighted by atomic mass is 16.1. The minimum absolute atomic E-state index is 0.193. The molecule has 0 radical (unpaired) electrons. The molecule has 1 amide bonds. The Bertz CT molecular complexity index is 135. The van der Waals surface area contributed by atoms with Gasteiger partial charge >= 0.3 is 0 Å². The first-order chi connectivity index (χ1) is 4.81. The normalized spacial score (nSPS) is 14.5. The molecule has 0 heterocycles. The summed E-state index contributed by atoms with van der Waals surface area (Å²) in [5.41, 5.74) is 5.37. The van der Waals surface area contributed by atoms with Gasteiger partial charge in [-0.15, -0.1) is 0 Å². The van der Waals surface area contributed by atoms with E-state index in [2.05, 4.69) is 27.7 Å². The Labute approximate surface area is 69.2 Å². The molecular formula is C9H19NO. The lowest BCUT2D eigenvalue weighted by Gasteiger charge is -2.22. The number of rotatable bonds is 3. The van der Waals surface area contributed by atoms with Gasteiger partial charge in [0.05, 0.1) is 0 Å². The Morgan fingerprint density at radius 3 is 2.18 bits per heavy atom. The van der Waals surface area contributed by atoms with Crippen molar-refractivity contribution in [1.29, 1.82) is 0 Å². The third-order valence-corrected chi connectivity index (χ3v) is 1.51. The number of hydrogen-bond donors (Lipinski definition) is 1. The number of primary amides is 1. The van der Waals surface area contributed by atoms with E-state index in [9.17, 15) is 4.79 Å². The average Bonchev–Trinajstić information content (AvgIpc) is 1.53. The third-order valence-electron chi connectivity index (χ3n) is 1.51. The van der Waals surface area contributed by atoms with E-state index in [1.807, 2.05) is 0 Å². The van der Waals surface area contributed by atoms with Crippen LogP contribution in [0.1, 0.15) is 40.5 Å². The van der Waals surface area contributed by atoms with Gasteiger partial charge in [0.15, 0.2) is 0 Å². The molecule has 2 N–H and O–H groups in total. The SMILES string of the molecule is CC(CC(N)=O)CC(C)(C)C. The second kappa shape index (κ2) is 3.74. The quantitative estimate of drug-likeness (QED) is 0.668. The molecular weight excluding hydrogens is 138 g/mol. The van der Waals surface area contributed by atoms with Gasteiger partial charge in [-0.25, -0.2) is 0 Å². The van der Waals surface area contributed by atoms with Crippen LogP contribution in [0.25, 0.3) is 0 Å². The molecule has 0 saturated carbocycles. The lowest BCUT2D eigenvalue weighted by molar-refractivity contribution is -0.118. The molecule has 0 spiro atoms. The van der Waals surface area contributed by atoms with Crippen molar-refractivity contribution in [2.75, 3.05) is 0 Å². The summed E-state index contributed by atoms with van der Waals surface area (Å²) in [6, 6.07) is 0. The van der Waals surface area contributed by atoms with E-state index < -0.39 is 0 Å². The van der Waals surface area contributed by atoms with Crippen LogP contribution in [-0.2, 0) is 4.79 Å². The van der Waals surface area contributed by atoms with Gasteiger partial charge in [0.25, 0.3) is 0 Å². The molecule has 0 aliphatic heterocycles. The zero-order chi connectivity index (χ0) is 9.07. The predicted molar refractivity (Wildman–Crippen MR) is 47.0 cm³/mol. The minimum atomic E-state index is -0.193. The van der Waals surface area contributed by atoms with Crippen molar-refractivity contribution in [2.24, 2.45) is 17.1 Å². The number of hydrogen-bond acceptors (Lipinski definition) is 1. The molecule has 66 valence electrons. The summed E-state index contributed by atoms with van der Waals surface area (Å²) in [5, 5.41) is 0. The summed E-state index contributed by atoms with van der Waals surface area (Å²) in [5.74, 6) is 0.217. The maximum Gasteiger partial charge on any atom is 0.217 e. The summed E-state index contributed by atoms with van der Waals surface area (Å²) < 4.78 is 0. The summed E-state index contributed by atoms with van der Waals surface area (Å²) in [6.45, 7) is 8.58. The Morgan fingerprint density at radius 1 is 1.45 bits per heavy atom. The Morgan fingerprint density at radius 2 is 1.91 bits per heavy atom. The van der Waals surface area contributed by atoms with E-state index in [0.717, 1.165) is 6.42 Å². The molecule has 2 nitrogen and oxygen atoms in total. The van der Waals surface area contributed by atoms with Crippen LogP contribution < -0.4 is 5.73 Å². The van der Waals surface area contributed by atoms with E-state index >= 15 is 0 Å². The summed E-state index contributed by atoms with van der Waals surface area (Å²) in [6.07, 6.45) is 1.56. The number of carbonyl (C=O) groups is 1. The monoisotopic (exact) mass is 157 g/mol. The maximum atomic E-state index is 10.5. The average molecular weight is 157 g/mol. The summed E-state index contributed by atoms with van der Waals surface area (Å²) in [4.78, 5) is 10.5. The van der Waals surface area contributed by atoms with Crippen LogP contribution in [0.15, 0.2) is 0 Å². The van der Waals surface area contributed by atoms with Gasteiger partial charge in [-0.05, 0) is 17.8 Å². The van der Waals surface area contributed by atoms with E-state index in [1.54, 1.807) is 0 Å². The van der Waals surface area contributed by atoms with Crippen molar-refractivity contribution in [1.82, 2.24) is 0 Å². The highest BCUT2D eigenvalue weighted by Gasteiger charge is 2.16. The molecule has 0 saturated heterocycles. The topological polar surface area (TPSA) is 43.1 Å². The molecule has 1 unspecified atom stereocenters. The van der Waals surface area contributed by atoms with Gasteiger partial charge in [-0.1, -0.05) is 27.7 Å². The van der Waals surface area contributed by atoms with Gasteiger partial charge in [0.2, 0.25) is 5.91 Å². The lowest BCUT2D eigenvalue weighted by Crippen LogP contribution is -2.18. The molecule has 0 aliphatic carbocycles. The summed E-state index contributed by atoms with van der Waals surface area (Å²) >= 11 is 0. The largest absolute Gasteiger partial charge is 0.370 e. The highest BCUT2D eigenvalue weighted by molar-refractivity contribution is 5.73. The van der Waals surface area contributed by atoms with Gasteiger partial charge in [0.1, 0.15) is 0 Å². The molecule has 0 aliphatic rings. The maximum absolute atomic E-state index is 10.5. The highest BCUT2D eigenvalue weighted by Crippen LogP contribution is 2.25. The standard InChI is InChI=1S/C9H19NO/c1-7(5-8(10)11)6-9(2,3)4/h7H,5-6H2,1-4H3,(H2,10,11). The predicted octanol–water partition coefficient (Wildman–Crippen LogP) is 1.93. The molecule has 0 rings (SSSR count). The van der Waals surface area contributed by atoms with Crippen molar-refractivity contribution in [3.05, 3.63) is 0 Å². The molecule has 0 aromatic heterocycles. The molecule has 1 atom stereocenters. The van der Waals surface area contributed by atoms with Crippen molar-refractivity contribution in [3.8, 4) is 0 Å². The lowest BCUT2D eigenvalue weighted by atomic mass is 9.84. The number of nitrogens with two attached hydrogens (primary N) is 1. The van der Waals surface area contributed by atoms with Crippen LogP contribution >= 0.6 is 0 Å². The van der Waals surface area contributed by atoms with Gasteiger partial charge in [-0.3, -0.25) is 4.79 Å². The molecule has 0 bridgehead atoms. The summed E-state index contributed by atoms with van der Waals surface area (Å²) in [7, 11) is 0. The van der Waals surface area contributed by atoms with Gasteiger partial charge < -0.3 is 5.73 Å². The fourth-order valence-electron chi connectivity index (χ4n) is 1.46. The second-order valence-corrected chi connectivity index (χ2v) is 4.54. The van der Waals surface area contributed by atoms with Gasteiger partial charge in [-0.2, -0.15) is 0 Å². The Hall–Kier alpha value is -0.530. The van der Waals surface area contributed by atoms with Gasteiger partial charge in [0, 0.05) is 6.42 Å². The first-order valence-corrected chi connectivity index (χ1v) is 4.09. The second-order valence-electron chi connectivity index (χ2n) is 4.54. The molecule has 11 heavy (non-hydrogen) atoms. The van der Waals surface area contributed by atoms with E-state index in [0.29, 0.717) is 17.8 Å². The van der Waals surface area contributed by atoms with Crippen LogP contribution in [-0.4, -0.2) is 5.91 Å². The van der Waals surface area contributed by atoms with Crippen LogP contribution in [0.4, 0.5) is 0 Å². The number of carbonyl (C=O) groups excluding carboxylic acids is 1. The van der Waals surface area contributed by atoms with Crippen LogP contribution in [0, 0.1) is 11.3 Å². The van der Waals surface area contributed by atoms with Crippen molar-refractivity contribution < 1.29 is 4.79 Å². The van der Waals surface area contributed by atoms with Crippen LogP contribution in [0.3, 0.4) is 0 Å². The van der Waals surface area contributed by atoms with E-state index in [1.165, 1.54) is 0 Å².